The van der Waals surface area contributed by atoms with Gasteiger partial charge in [0.25, 0.3) is 5.91 Å². The van der Waals surface area contributed by atoms with E-state index in [1.165, 1.54) is 23.3 Å². The van der Waals surface area contributed by atoms with Crippen LogP contribution in [0.25, 0.3) is 11.1 Å². The van der Waals surface area contributed by atoms with Crippen LogP contribution in [0.5, 0.6) is 0 Å². The van der Waals surface area contributed by atoms with Crippen LogP contribution in [-0.2, 0) is 20.7 Å². The van der Waals surface area contributed by atoms with Gasteiger partial charge in [-0.1, -0.05) is 56.7 Å². The number of amides is 2. The third kappa shape index (κ3) is 5.02. The Morgan fingerprint density at radius 1 is 0.974 bits per heavy atom. The highest BCUT2D eigenvalue weighted by Gasteiger charge is 2.39. The van der Waals surface area contributed by atoms with Crippen molar-refractivity contribution in [2.24, 2.45) is 5.92 Å². The van der Waals surface area contributed by atoms with Gasteiger partial charge < -0.3 is 10.1 Å². The number of ketones is 1. The number of fused-ring (bicyclic) bond motifs is 3. The first-order valence-electron chi connectivity index (χ1n) is 13.0. The molecule has 1 N–H and O–H groups in total. The van der Waals surface area contributed by atoms with E-state index in [0.29, 0.717) is 23.7 Å². The van der Waals surface area contributed by atoms with Crippen LogP contribution in [0.15, 0.2) is 66.7 Å². The molecule has 5 rings (SSSR count). The molecule has 1 aliphatic heterocycles. The number of Topliss-reactive ketones (excluding diaryl/α,β-unsaturated/α-hetero) is 1. The number of carbonyl (C=O) groups is 4. The summed E-state index contributed by atoms with van der Waals surface area (Å²) in [5, 5.41) is 3.18. The largest absolute Gasteiger partial charge is 0.454 e. The molecule has 0 radical (unpaired) electrons. The maximum absolute atomic E-state index is 12.8. The number of nitrogens with zero attached hydrogens (tertiary/aromatic N) is 1. The predicted octanol–water partition coefficient (Wildman–Crippen LogP) is 4.57. The average molecular weight is 511 g/mol. The van der Waals surface area contributed by atoms with Crippen LogP contribution in [0.1, 0.15) is 58.5 Å². The molecule has 3 aromatic rings. The molecule has 3 aromatic carbocycles. The average Bonchev–Trinajstić information content (AvgIpc) is 3.45. The van der Waals surface area contributed by atoms with Crippen LogP contribution in [0.4, 0.5) is 5.69 Å². The molecule has 38 heavy (non-hydrogen) atoms. The monoisotopic (exact) mass is 510 g/mol. The molecule has 0 aromatic heterocycles. The van der Waals surface area contributed by atoms with Gasteiger partial charge in [-0.2, -0.15) is 0 Å². The number of nitrogens with one attached hydrogen (secondary N) is 1. The predicted molar refractivity (Wildman–Crippen MR) is 144 cm³/mol. The van der Waals surface area contributed by atoms with Gasteiger partial charge in [0, 0.05) is 5.56 Å². The number of anilines is 1. The molecule has 2 aliphatic rings. The van der Waals surface area contributed by atoms with Gasteiger partial charge in [0.1, 0.15) is 0 Å². The Morgan fingerprint density at radius 2 is 1.68 bits per heavy atom. The number of imide groups is 1. The summed E-state index contributed by atoms with van der Waals surface area (Å²) in [6.45, 7) is 4.45. The van der Waals surface area contributed by atoms with E-state index in [9.17, 15) is 19.2 Å². The second-order valence-corrected chi connectivity index (χ2v) is 10.00. The van der Waals surface area contributed by atoms with Crippen molar-refractivity contribution in [2.75, 3.05) is 18.1 Å². The molecule has 2 unspecified atom stereocenters. The molecule has 1 aliphatic carbocycles. The van der Waals surface area contributed by atoms with E-state index < -0.39 is 12.0 Å². The van der Waals surface area contributed by atoms with Gasteiger partial charge in [0.15, 0.2) is 12.4 Å². The number of carbonyl (C=O) groups excluding carboxylic acids is 4. The van der Waals surface area contributed by atoms with Crippen LogP contribution >= 0.6 is 0 Å². The van der Waals surface area contributed by atoms with Crippen molar-refractivity contribution in [1.29, 1.82) is 0 Å². The molecule has 2 atom stereocenters. The molecule has 194 valence electrons. The Labute approximate surface area is 221 Å². The van der Waals surface area contributed by atoms with Crippen LogP contribution < -0.4 is 10.2 Å². The van der Waals surface area contributed by atoms with E-state index in [1.807, 2.05) is 24.3 Å². The van der Waals surface area contributed by atoms with E-state index in [4.69, 9.17) is 4.74 Å². The van der Waals surface area contributed by atoms with Crippen LogP contribution in [0.2, 0.25) is 0 Å². The Balaban J connectivity index is 1.18. The summed E-state index contributed by atoms with van der Waals surface area (Å²) in [4.78, 5) is 51.8. The zero-order valence-electron chi connectivity index (χ0n) is 21.5. The minimum Gasteiger partial charge on any atom is -0.454 e. The van der Waals surface area contributed by atoms with E-state index in [1.54, 1.807) is 18.2 Å². The van der Waals surface area contributed by atoms with Gasteiger partial charge in [-0.15, -0.1) is 0 Å². The molecule has 0 bridgehead atoms. The van der Waals surface area contributed by atoms with Crippen molar-refractivity contribution in [3.05, 3.63) is 89.0 Å². The fourth-order valence-electron chi connectivity index (χ4n) is 4.91. The molecule has 7 heteroatoms. The first kappa shape index (κ1) is 25.5. The summed E-state index contributed by atoms with van der Waals surface area (Å²) in [5.41, 5.74) is 5.77. The highest BCUT2D eigenvalue weighted by atomic mass is 16.5. The molecular weight excluding hydrogens is 480 g/mol. The minimum atomic E-state index is -0.648. The normalized spacial score (nSPS) is 16.8. The van der Waals surface area contributed by atoms with Gasteiger partial charge >= 0.3 is 5.97 Å². The lowest BCUT2D eigenvalue weighted by Gasteiger charge is -2.17. The fraction of sp³-hybridized carbons (Fsp3) is 0.290. The van der Waals surface area contributed by atoms with Crippen LogP contribution in [0.3, 0.4) is 0 Å². The Hall–Kier alpha value is -4.10. The van der Waals surface area contributed by atoms with Crippen molar-refractivity contribution in [1.82, 2.24) is 5.32 Å². The van der Waals surface area contributed by atoms with Gasteiger partial charge in [0.05, 0.1) is 23.7 Å². The quantitative estimate of drug-likeness (QED) is 0.202. The Kier molecular flexibility index (Phi) is 7.20. The highest BCUT2D eigenvalue weighted by molar-refractivity contribution is 6.22. The molecule has 1 saturated heterocycles. The molecule has 2 amide bonds. The SMILES string of the molecule is CCC(C)CNC1CC(=O)N(c2ccc(C(=O)OCC(=O)c3ccc4c(c3)Cc3ccccc3-4)cc2)C1=O. The first-order chi connectivity index (χ1) is 18.4. The molecule has 0 saturated carbocycles. The first-order valence-corrected chi connectivity index (χ1v) is 13.0. The van der Waals surface area contributed by atoms with Crippen molar-refractivity contribution >= 4 is 29.3 Å². The number of esters is 1. The number of hydrogen-bond acceptors (Lipinski definition) is 6. The summed E-state index contributed by atoms with van der Waals surface area (Å²) in [6.07, 6.45) is 1.86. The second-order valence-electron chi connectivity index (χ2n) is 10.00. The minimum absolute atomic E-state index is 0.107. The standard InChI is InChI=1S/C31H30N2O5/c1-3-19(2)17-32-27-16-29(35)33(30(27)36)24-11-8-20(9-12-24)31(37)38-18-28(34)22-10-13-26-23(15-22)14-21-6-4-5-7-25(21)26/h4-13,15,19,27,32H,3,14,16-18H2,1-2H3. The molecule has 0 spiro atoms. The summed E-state index contributed by atoms with van der Waals surface area (Å²) in [6, 6.07) is 19.3. The lowest BCUT2D eigenvalue weighted by atomic mass is 10.0. The molecular formula is C31H30N2O5. The van der Waals surface area contributed by atoms with Crippen molar-refractivity contribution in [3.8, 4) is 11.1 Å². The third-order valence-electron chi connectivity index (χ3n) is 7.37. The maximum atomic E-state index is 12.8. The summed E-state index contributed by atoms with van der Waals surface area (Å²) < 4.78 is 5.27. The number of benzene rings is 3. The van der Waals surface area contributed by atoms with E-state index >= 15 is 0 Å². The summed E-state index contributed by atoms with van der Waals surface area (Å²) >= 11 is 0. The van der Waals surface area contributed by atoms with Crippen molar-refractivity contribution in [2.45, 2.75) is 39.2 Å². The zero-order valence-corrected chi connectivity index (χ0v) is 21.5. The van der Waals surface area contributed by atoms with Crippen LogP contribution in [-0.4, -0.2) is 42.8 Å². The van der Waals surface area contributed by atoms with E-state index in [2.05, 4.69) is 31.3 Å². The molecule has 1 heterocycles. The van der Waals surface area contributed by atoms with Gasteiger partial charge in [-0.25, -0.2) is 9.69 Å². The van der Waals surface area contributed by atoms with Crippen LogP contribution in [0, 0.1) is 5.92 Å². The van der Waals surface area contributed by atoms with Gasteiger partial charge in [-0.3, -0.25) is 14.4 Å². The Bertz CT molecular complexity index is 1410. The summed E-state index contributed by atoms with van der Waals surface area (Å²) in [7, 11) is 0. The lowest BCUT2D eigenvalue weighted by molar-refractivity contribution is -0.121. The van der Waals surface area contributed by atoms with Crippen molar-refractivity contribution in [3.63, 3.8) is 0 Å². The van der Waals surface area contributed by atoms with Gasteiger partial charge in [0.2, 0.25) is 5.91 Å². The smallest absolute Gasteiger partial charge is 0.338 e. The van der Waals surface area contributed by atoms with E-state index in [-0.39, 0.29) is 36.2 Å². The Morgan fingerprint density at radius 3 is 2.45 bits per heavy atom. The lowest BCUT2D eigenvalue weighted by Crippen LogP contribution is -2.40. The maximum Gasteiger partial charge on any atom is 0.338 e. The zero-order chi connectivity index (χ0) is 26.8. The number of ether oxygens (including phenoxy) is 1. The van der Waals surface area contributed by atoms with E-state index in [0.717, 1.165) is 28.9 Å². The summed E-state index contributed by atoms with van der Waals surface area (Å²) in [5.74, 6) is -1.10. The highest BCUT2D eigenvalue weighted by Crippen LogP contribution is 2.36. The number of rotatable bonds is 9. The fourth-order valence-corrected chi connectivity index (χ4v) is 4.91. The number of hydrogen-bond donors (Lipinski definition) is 1. The topological polar surface area (TPSA) is 92.8 Å². The molecule has 1 fully saturated rings. The third-order valence-corrected chi connectivity index (χ3v) is 7.37. The van der Waals surface area contributed by atoms with Gasteiger partial charge in [-0.05, 0) is 71.5 Å². The van der Waals surface area contributed by atoms with Crippen molar-refractivity contribution < 1.29 is 23.9 Å². The molecule has 7 nitrogen and oxygen atoms in total. The second kappa shape index (κ2) is 10.7.